The molecule has 0 aromatic heterocycles. The smallest absolute Gasteiger partial charge is 0.0143 e. The van der Waals surface area contributed by atoms with Gasteiger partial charge in [0.1, 0.15) is 0 Å². The minimum absolute atomic E-state index is 0.989. The number of allylic oxidation sites excluding steroid dienone is 4. The Bertz CT molecular complexity index is 145. The highest BCUT2D eigenvalue weighted by Gasteiger charge is 1.90. The van der Waals surface area contributed by atoms with Crippen LogP contribution in [0.15, 0.2) is 37.1 Å². The van der Waals surface area contributed by atoms with Crippen molar-refractivity contribution >= 4 is 0 Å². The summed E-state index contributed by atoms with van der Waals surface area (Å²) >= 11 is 0. The third-order valence-corrected chi connectivity index (χ3v) is 1.27. The van der Waals surface area contributed by atoms with Gasteiger partial charge in [0, 0.05) is 19.3 Å². The molecule has 0 amide bonds. The zero-order chi connectivity index (χ0) is 9.98. The van der Waals surface area contributed by atoms with E-state index in [4.69, 9.17) is 0 Å². The summed E-state index contributed by atoms with van der Waals surface area (Å²) in [7, 11) is 2.00. The van der Waals surface area contributed by atoms with Gasteiger partial charge in [-0.2, -0.15) is 0 Å². The molecule has 0 aliphatic heterocycles. The third-order valence-electron chi connectivity index (χ3n) is 1.27. The zero-order valence-electron chi connectivity index (χ0n) is 8.21. The van der Waals surface area contributed by atoms with E-state index in [1.807, 2.05) is 13.1 Å². The van der Waals surface area contributed by atoms with Gasteiger partial charge in [-0.15, -0.1) is 6.58 Å². The topological polar surface area (TPSA) is 3.24 Å². The zero-order valence-corrected chi connectivity index (χ0v) is 8.21. The van der Waals surface area contributed by atoms with Crippen molar-refractivity contribution < 1.29 is 0 Å². The molecule has 0 saturated heterocycles. The van der Waals surface area contributed by atoms with Gasteiger partial charge in [0.15, 0.2) is 0 Å². The Hall–Kier alpha value is -0.980. The van der Waals surface area contributed by atoms with Crippen LogP contribution in [0.4, 0.5) is 0 Å². The fraction of sp³-hybridized carbons (Fsp3) is 0.273. The molecular weight excluding hydrogens is 146 g/mol. The maximum atomic E-state index is 3.81. The summed E-state index contributed by atoms with van der Waals surface area (Å²) in [6.07, 6.45) is 5.14. The molecular formula is C11H19N. The van der Waals surface area contributed by atoms with Gasteiger partial charge in [0.25, 0.3) is 0 Å². The third kappa shape index (κ3) is 9.02. The Morgan fingerprint density at radius 1 is 1.42 bits per heavy atom. The maximum absolute atomic E-state index is 3.81. The van der Waals surface area contributed by atoms with Crippen LogP contribution < -0.4 is 0 Å². The Morgan fingerprint density at radius 3 is 2.08 bits per heavy atom. The van der Waals surface area contributed by atoms with Gasteiger partial charge in [-0.05, 0) is 26.8 Å². The van der Waals surface area contributed by atoms with E-state index in [9.17, 15) is 0 Å². The van der Waals surface area contributed by atoms with Crippen molar-refractivity contribution in [1.29, 1.82) is 0 Å². The van der Waals surface area contributed by atoms with E-state index >= 15 is 0 Å². The lowest BCUT2D eigenvalue weighted by Gasteiger charge is -2.15. The summed E-state index contributed by atoms with van der Waals surface area (Å²) < 4.78 is 0. The highest BCUT2D eigenvalue weighted by atomic mass is 15.1. The molecule has 0 aliphatic rings. The van der Waals surface area contributed by atoms with Gasteiger partial charge in [-0.25, -0.2) is 0 Å². The van der Waals surface area contributed by atoms with E-state index < -0.39 is 0 Å². The molecule has 0 spiro atoms. The quantitative estimate of drug-likeness (QED) is 0.581. The largest absolute Gasteiger partial charge is 0.378 e. The van der Waals surface area contributed by atoms with Gasteiger partial charge in [-0.3, -0.25) is 0 Å². The van der Waals surface area contributed by atoms with Gasteiger partial charge in [-0.1, -0.05) is 18.7 Å². The summed E-state index contributed by atoms with van der Waals surface area (Å²) in [6, 6.07) is 0. The van der Waals surface area contributed by atoms with Crippen LogP contribution in [-0.2, 0) is 0 Å². The molecule has 1 heteroatoms. The minimum atomic E-state index is 0.989. The van der Waals surface area contributed by atoms with Crippen molar-refractivity contribution in [1.82, 2.24) is 4.90 Å². The van der Waals surface area contributed by atoms with Crippen molar-refractivity contribution in [2.45, 2.75) is 6.92 Å². The van der Waals surface area contributed by atoms with Gasteiger partial charge in [0.2, 0.25) is 0 Å². The van der Waals surface area contributed by atoms with Crippen molar-refractivity contribution in [2.24, 2.45) is 0 Å². The average Bonchev–Trinajstić information content (AvgIpc) is 2.05. The highest BCUT2D eigenvalue weighted by Crippen LogP contribution is 1.96. The molecule has 0 aliphatic carbocycles. The molecule has 0 fully saturated rings. The van der Waals surface area contributed by atoms with Crippen LogP contribution in [0.5, 0.6) is 0 Å². The molecule has 0 bridgehead atoms. The van der Waals surface area contributed by atoms with E-state index in [0.29, 0.717) is 0 Å². The highest BCUT2D eigenvalue weighted by molar-refractivity contribution is 5.11. The standard InChI is InChI=1S/C8H14N.C3H5/c1-5-7-8(3)9(4)6-2;1-3-2/h5,7H,1,3,6H2,2,4H3;3H,1-2H2/b8-7+;. The first-order valence-electron chi connectivity index (χ1n) is 3.89. The Morgan fingerprint density at radius 2 is 1.83 bits per heavy atom. The predicted octanol–water partition coefficient (Wildman–Crippen LogP) is 2.85. The van der Waals surface area contributed by atoms with E-state index in [1.54, 1.807) is 6.08 Å². The molecule has 0 aromatic carbocycles. The summed E-state index contributed by atoms with van der Waals surface area (Å²) in [6.45, 7) is 17.0. The van der Waals surface area contributed by atoms with Crippen LogP contribution >= 0.6 is 0 Å². The Balaban J connectivity index is 0. The van der Waals surface area contributed by atoms with E-state index in [1.165, 1.54) is 6.08 Å². The molecule has 68 valence electrons. The second-order valence-electron chi connectivity index (χ2n) is 2.20. The number of rotatable bonds is 3. The lowest BCUT2D eigenvalue weighted by atomic mass is 10.4. The van der Waals surface area contributed by atoms with Gasteiger partial charge < -0.3 is 4.90 Å². The van der Waals surface area contributed by atoms with Crippen molar-refractivity contribution in [3.05, 3.63) is 50.9 Å². The summed E-state index contributed by atoms with van der Waals surface area (Å²) in [5.74, 6) is 0. The van der Waals surface area contributed by atoms with Crippen LogP contribution in [0.25, 0.3) is 0 Å². The second kappa shape index (κ2) is 10.0. The van der Waals surface area contributed by atoms with Crippen LogP contribution in [0.2, 0.25) is 0 Å². The Kier molecular flexibility index (Phi) is 11.4. The molecule has 0 saturated carbocycles. The monoisotopic (exact) mass is 165 g/mol. The van der Waals surface area contributed by atoms with Gasteiger partial charge in [0.05, 0.1) is 0 Å². The van der Waals surface area contributed by atoms with E-state index in [2.05, 4.69) is 38.8 Å². The van der Waals surface area contributed by atoms with Crippen molar-refractivity contribution in [3.8, 4) is 0 Å². The summed E-state index contributed by atoms with van der Waals surface area (Å²) in [5.41, 5.74) is 1.01. The molecule has 12 heavy (non-hydrogen) atoms. The molecule has 0 heterocycles. The van der Waals surface area contributed by atoms with E-state index in [0.717, 1.165) is 12.2 Å². The summed E-state index contributed by atoms with van der Waals surface area (Å²) in [4.78, 5) is 2.06. The average molecular weight is 165 g/mol. The molecule has 0 unspecified atom stereocenters. The SMILES string of the molecule is [CH2]/C(=C\C=C)N(C)CC.[CH2]C=C. The molecule has 2 radical (unpaired) electrons. The minimum Gasteiger partial charge on any atom is -0.378 e. The summed E-state index contributed by atoms with van der Waals surface area (Å²) in [5, 5.41) is 0. The lowest BCUT2D eigenvalue weighted by Crippen LogP contribution is -2.14. The molecule has 0 atom stereocenters. The van der Waals surface area contributed by atoms with Crippen molar-refractivity contribution in [2.75, 3.05) is 13.6 Å². The predicted molar refractivity (Wildman–Crippen MR) is 57.5 cm³/mol. The first-order valence-corrected chi connectivity index (χ1v) is 3.89. The normalized spacial score (nSPS) is 9.50. The lowest BCUT2D eigenvalue weighted by molar-refractivity contribution is 0.455. The van der Waals surface area contributed by atoms with Crippen LogP contribution in [0.1, 0.15) is 6.92 Å². The van der Waals surface area contributed by atoms with Gasteiger partial charge >= 0.3 is 0 Å². The molecule has 0 rings (SSSR count). The maximum Gasteiger partial charge on any atom is 0.0143 e. The number of hydrogen-bond donors (Lipinski definition) is 0. The number of hydrogen-bond acceptors (Lipinski definition) is 1. The molecule has 0 N–H and O–H groups in total. The first-order chi connectivity index (χ1) is 5.63. The molecule has 0 aromatic rings. The fourth-order valence-electron chi connectivity index (χ4n) is 0.466. The van der Waals surface area contributed by atoms with Crippen LogP contribution in [0, 0.1) is 13.8 Å². The van der Waals surface area contributed by atoms with Crippen LogP contribution in [-0.4, -0.2) is 18.5 Å². The fourth-order valence-corrected chi connectivity index (χ4v) is 0.466. The molecule has 1 nitrogen and oxygen atoms in total. The van der Waals surface area contributed by atoms with E-state index in [-0.39, 0.29) is 0 Å². The van der Waals surface area contributed by atoms with Crippen LogP contribution in [0.3, 0.4) is 0 Å². The Labute approximate surface area is 77.1 Å². The van der Waals surface area contributed by atoms with Crippen molar-refractivity contribution in [3.63, 3.8) is 0 Å². The second-order valence-corrected chi connectivity index (χ2v) is 2.20. The number of nitrogens with zero attached hydrogens (tertiary/aromatic N) is 1. The first kappa shape index (κ1) is 13.6.